The van der Waals surface area contributed by atoms with Gasteiger partial charge in [0.1, 0.15) is 0 Å². The highest BCUT2D eigenvalue weighted by Gasteiger charge is 1.98. The molecule has 0 amide bonds. The Hall–Kier alpha value is -1.23. The average Bonchev–Trinajstić information content (AvgIpc) is 2.22. The van der Waals surface area contributed by atoms with Crippen LogP contribution in [0.1, 0.15) is 31.4 Å². The molecule has 0 atom stereocenters. The van der Waals surface area contributed by atoms with Crippen LogP contribution in [0.2, 0.25) is 0 Å². The Kier molecular flexibility index (Phi) is 5.11. The van der Waals surface area contributed by atoms with E-state index >= 15 is 0 Å². The summed E-state index contributed by atoms with van der Waals surface area (Å²) < 4.78 is 1.51. The molecular formula is C11H17N3OS. The zero-order chi connectivity index (χ0) is 12.0. The van der Waals surface area contributed by atoms with E-state index in [0.29, 0.717) is 11.5 Å². The molecule has 4 nitrogen and oxygen atoms in total. The van der Waals surface area contributed by atoms with Crippen molar-refractivity contribution in [2.45, 2.75) is 39.2 Å². The standard InChI is InChI=1S/C11H17N3OS/c1-9-6-7-11(15)14(13-9)8-4-2-3-5-10(12)16/h6-7H,2-5,8H2,1H3,(H2,12,16). The summed E-state index contributed by atoms with van der Waals surface area (Å²) in [6, 6.07) is 3.28. The molecule has 0 aliphatic rings. The van der Waals surface area contributed by atoms with Crippen molar-refractivity contribution in [3.63, 3.8) is 0 Å². The first-order chi connectivity index (χ1) is 7.59. The van der Waals surface area contributed by atoms with Gasteiger partial charge in [0.05, 0.1) is 10.7 Å². The summed E-state index contributed by atoms with van der Waals surface area (Å²) >= 11 is 4.79. The Bertz CT molecular complexity index is 414. The third kappa shape index (κ3) is 4.53. The molecule has 0 saturated heterocycles. The number of aromatic nitrogens is 2. The van der Waals surface area contributed by atoms with Crippen molar-refractivity contribution in [1.29, 1.82) is 0 Å². The van der Waals surface area contributed by atoms with Crippen LogP contribution in [0.15, 0.2) is 16.9 Å². The van der Waals surface area contributed by atoms with Crippen LogP contribution in [0.4, 0.5) is 0 Å². The molecule has 5 heteroatoms. The second-order valence-electron chi connectivity index (χ2n) is 3.81. The van der Waals surface area contributed by atoms with E-state index in [2.05, 4.69) is 5.10 Å². The molecule has 0 saturated carbocycles. The van der Waals surface area contributed by atoms with Gasteiger partial charge in [0.15, 0.2) is 0 Å². The number of unbranched alkanes of at least 4 members (excludes halogenated alkanes) is 2. The number of aryl methyl sites for hydroxylation is 2. The first-order valence-corrected chi connectivity index (χ1v) is 5.83. The van der Waals surface area contributed by atoms with Crippen LogP contribution < -0.4 is 11.3 Å². The van der Waals surface area contributed by atoms with E-state index in [9.17, 15) is 4.79 Å². The van der Waals surface area contributed by atoms with Gasteiger partial charge in [0, 0.05) is 12.6 Å². The van der Waals surface area contributed by atoms with Crippen LogP contribution >= 0.6 is 12.2 Å². The number of hydrogen-bond acceptors (Lipinski definition) is 3. The van der Waals surface area contributed by atoms with E-state index in [-0.39, 0.29) is 5.56 Å². The minimum absolute atomic E-state index is 0.0417. The predicted molar refractivity (Wildman–Crippen MR) is 68.5 cm³/mol. The van der Waals surface area contributed by atoms with Crippen LogP contribution in [0.3, 0.4) is 0 Å². The first-order valence-electron chi connectivity index (χ1n) is 5.42. The fourth-order valence-electron chi connectivity index (χ4n) is 1.45. The molecule has 0 aromatic carbocycles. The Morgan fingerprint density at radius 1 is 1.44 bits per heavy atom. The summed E-state index contributed by atoms with van der Waals surface area (Å²) in [5.41, 5.74) is 6.22. The summed E-state index contributed by atoms with van der Waals surface area (Å²) in [6.45, 7) is 2.54. The fourth-order valence-corrected chi connectivity index (χ4v) is 1.59. The second-order valence-corrected chi connectivity index (χ2v) is 4.34. The number of nitrogens with two attached hydrogens (primary N) is 1. The summed E-state index contributed by atoms with van der Waals surface area (Å²) in [5.74, 6) is 0. The van der Waals surface area contributed by atoms with E-state index in [4.69, 9.17) is 18.0 Å². The zero-order valence-electron chi connectivity index (χ0n) is 9.48. The number of rotatable bonds is 6. The van der Waals surface area contributed by atoms with Crippen molar-refractivity contribution in [3.05, 3.63) is 28.2 Å². The SMILES string of the molecule is Cc1ccc(=O)n(CCCCCC(N)=S)n1. The largest absolute Gasteiger partial charge is 0.393 e. The Morgan fingerprint density at radius 3 is 2.88 bits per heavy atom. The van der Waals surface area contributed by atoms with Gasteiger partial charge >= 0.3 is 0 Å². The van der Waals surface area contributed by atoms with Crippen LogP contribution in [-0.2, 0) is 6.54 Å². The fraction of sp³-hybridized carbons (Fsp3) is 0.545. The summed E-state index contributed by atoms with van der Waals surface area (Å²) in [5, 5.41) is 4.16. The highest BCUT2D eigenvalue weighted by molar-refractivity contribution is 7.80. The van der Waals surface area contributed by atoms with Gasteiger partial charge in [-0.1, -0.05) is 18.6 Å². The van der Waals surface area contributed by atoms with Crippen molar-refractivity contribution in [2.24, 2.45) is 5.73 Å². The smallest absolute Gasteiger partial charge is 0.266 e. The molecule has 0 aliphatic carbocycles. The molecular weight excluding hydrogens is 222 g/mol. The van der Waals surface area contributed by atoms with E-state index in [1.165, 1.54) is 4.68 Å². The van der Waals surface area contributed by atoms with Gasteiger partial charge in [0.25, 0.3) is 5.56 Å². The Labute approximate surface area is 100 Å². The predicted octanol–water partition coefficient (Wildman–Crippen LogP) is 1.40. The minimum Gasteiger partial charge on any atom is -0.393 e. The normalized spacial score (nSPS) is 10.3. The molecule has 0 bridgehead atoms. The van der Waals surface area contributed by atoms with Gasteiger partial charge in [-0.15, -0.1) is 0 Å². The lowest BCUT2D eigenvalue weighted by Crippen LogP contribution is -2.22. The molecule has 1 aromatic heterocycles. The van der Waals surface area contributed by atoms with Crippen molar-refractivity contribution in [3.8, 4) is 0 Å². The van der Waals surface area contributed by atoms with Gasteiger partial charge in [0.2, 0.25) is 0 Å². The maximum Gasteiger partial charge on any atom is 0.266 e. The average molecular weight is 239 g/mol. The van der Waals surface area contributed by atoms with Gasteiger partial charge in [-0.25, -0.2) is 4.68 Å². The molecule has 1 rings (SSSR count). The lowest BCUT2D eigenvalue weighted by atomic mass is 10.2. The van der Waals surface area contributed by atoms with Gasteiger partial charge < -0.3 is 5.73 Å². The van der Waals surface area contributed by atoms with E-state index in [1.807, 2.05) is 6.92 Å². The summed E-state index contributed by atoms with van der Waals surface area (Å²) in [4.78, 5) is 12.0. The molecule has 0 aliphatic heterocycles. The van der Waals surface area contributed by atoms with Crippen LogP contribution in [0.25, 0.3) is 0 Å². The van der Waals surface area contributed by atoms with Crippen molar-refractivity contribution < 1.29 is 0 Å². The molecule has 1 heterocycles. The summed E-state index contributed by atoms with van der Waals surface area (Å²) in [7, 11) is 0. The van der Waals surface area contributed by atoms with Gasteiger partial charge in [-0.2, -0.15) is 5.10 Å². The van der Waals surface area contributed by atoms with Gasteiger partial charge in [-0.3, -0.25) is 4.79 Å². The molecule has 1 aromatic rings. The summed E-state index contributed by atoms with van der Waals surface area (Å²) in [6.07, 6.45) is 3.71. The first kappa shape index (κ1) is 12.8. The highest BCUT2D eigenvalue weighted by Crippen LogP contribution is 2.01. The number of thiocarbonyl (C=S) groups is 1. The monoisotopic (exact) mass is 239 g/mol. The van der Waals surface area contributed by atoms with Crippen LogP contribution in [0.5, 0.6) is 0 Å². The third-order valence-corrected chi connectivity index (χ3v) is 2.50. The number of hydrogen-bond donors (Lipinski definition) is 1. The maximum atomic E-state index is 11.4. The van der Waals surface area contributed by atoms with E-state index in [0.717, 1.165) is 31.4 Å². The van der Waals surface area contributed by atoms with E-state index < -0.39 is 0 Å². The van der Waals surface area contributed by atoms with Crippen LogP contribution in [-0.4, -0.2) is 14.8 Å². The maximum absolute atomic E-state index is 11.4. The van der Waals surface area contributed by atoms with Crippen molar-refractivity contribution >= 4 is 17.2 Å². The minimum atomic E-state index is -0.0417. The Balaban J connectivity index is 2.34. The van der Waals surface area contributed by atoms with Crippen molar-refractivity contribution in [2.75, 3.05) is 0 Å². The van der Waals surface area contributed by atoms with Crippen LogP contribution in [0, 0.1) is 6.92 Å². The molecule has 0 radical (unpaired) electrons. The molecule has 0 spiro atoms. The lowest BCUT2D eigenvalue weighted by molar-refractivity contribution is 0.520. The zero-order valence-corrected chi connectivity index (χ0v) is 10.3. The second kappa shape index (κ2) is 6.37. The third-order valence-electron chi connectivity index (χ3n) is 2.29. The topological polar surface area (TPSA) is 60.9 Å². The molecule has 16 heavy (non-hydrogen) atoms. The van der Waals surface area contributed by atoms with E-state index in [1.54, 1.807) is 12.1 Å². The molecule has 2 N–H and O–H groups in total. The molecule has 0 fully saturated rings. The molecule has 88 valence electrons. The molecule has 0 unspecified atom stereocenters. The number of nitrogens with zero attached hydrogens (tertiary/aromatic N) is 2. The lowest BCUT2D eigenvalue weighted by Gasteiger charge is -2.04. The van der Waals surface area contributed by atoms with Crippen molar-refractivity contribution in [1.82, 2.24) is 9.78 Å². The van der Waals surface area contributed by atoms with Gasteiger partial charge in [-0.05, 0) is 32.3 Å². The Morgan fingerprint density at radius 2 is 2.19 bits per heavy atom. The highest BCUT2D eigenvalue weighted by atomic mass is 32.1. The quantitative estimate of drug-likeness (QED) is 0.602.